The molecule has 0 atom stereocenters. The average molecular weight is 197 g/mol. The smallest absolute Gasteiger partial charge is 0.0921 e. The Hall–Kier alpha value is -0.870. The molecule has 1 aromatic heterocycles. The van der Waals surface area contributed by atoms with Gasteiger partial charge in [0.1, 0.15) is 0 Å². The molecule has 2 N–H and O–H groups in total. The molecule has 0 fully saturated rings. The van der Waals surface area contributed by atoms with Crippen LogP contribution in [0.3, 0.4) is 0 Å². The van der Waals surface area contributed by atoms with Gasteiger partial charge in [-0.15, -0.1) is 0 Å². The minimum absolute atomic E-state index is 0.863. The van der Waals surface area contributed by atoms with Crippen molar-refractivity contribution in [3.8, 4) is 0 Å². The predicted octanol–water partition coefficient (Wildman–Crippen LogP) is 0.968. The van der Waals surface area contributed by atoms with Crippen LogP contribution in [0, 0.1) is 0 Å². The minimum atomic E-state index is 0.863. The first kappa shape index (κ1) is 11.2. The molecule has 80 valence electrons. The molecule has 14 heavy (non-hydrogen) atoms. The Bertz CT molecular complexity index is 211. The van der Waals surface area contributed by atoms with Gasteiger partial charge in [-0.25, -0.2) is 4.98 Å². The van der Waals surface area contributed by atoms with Crippen LogP contribution in [0.2, 0.25) is 0 Å². The van der Waals surface area contributed by atoms with Crippen molar-refractivity contribution in [2.75, 3.05) is 26.8 Å². The molecule has 1 aromatic rings. The van der Waals surface area contributed by atoms with Crippen LogP contribution in [0.4, 0.5) is 0 Å². The number of hydrogen-bond donors (Lipinski definition) is 2. The summed E-state index contributed by atoms with van der Waals surface area (Å²) in [5, 5.41) is 3.38. The number of imidazole rings is 1. The van der Waals surface area contributed by atoms with Crippen LogP contribution >= 0.6 is 0 Å². The first-order chi connectivity index (χ1) is 6.93. The number of nitrogens with one attached hydrogen (secondary N) is 2. The zero-order valence-corrected chi connectivity index (χ0v) is 8.75. The average Bonchev–Trinajstić information content (AvgIpc) is 2.69. The Morgan fingerprint density at radius 2 is 2.36 bits per heavy atom. The van der Waals surface area contributed by atoms with Crippen molar-refractivity contribution < 1.29 is 4.74 Å². The molecule has 0 aliphatic heterocycles. The summed E-state index contributed by atoms with van der Waals surface area (Å²) in [5.74, 6) is 0. The minimum Gasteiger partial charge on any atom is -0.385 e. The third-order valence-corrected chi connectivity index (χ3v) is 2.08. The summed E-state index contributed by atoms with van der Waals surface area (Å²) in [6.07, 6.45) is 6.91. The van der Waals surface area contributed by atoms with Crippen molar-refractivity contribution >= 4 is 0 Å². The van der Waals surface area contributed by atoms with E-state index in [1.807, 2.05) is 6.20 Å². The van der Waals surface area contributed by atoms with Gasteiger partial charge < -0.3 is 15.0 Å². The summed E-state index contributed by atoms with van der Waals surface area (Å²) in [7, 11) is 1.74. The van der Waals surface area contributed by atoms with Crippen LogP contribution < -0.4 is 5.32 Å². The van der Waals surface area contributed by atoms with Gasteiger partial charge in [-0.3, -0.25) is 0 Å². The van der Waals surface area contributed by atoms with Crippen LogP contribution in [0.1, 0.15) is 18.5 Å². The molecule has 0 spiro atoms. The molecule has 0 aliphatic carbocycles. The van der Waals surface area contributed by atoms with E-state index in [0.29, 0.717) is 0 Å². The van der Waals surface area contributed by atoms with Crippen LogP contribution in [0.5, 0.6) is 0 Å². The first-order valence-corrected chi connectivity index (χ1v) is 5.10. The molecule has 4 heteroatoms. The van der Waals surface area contributed by atoms with Gasteiger partial charge in [0.25, 0.3) is 0 Å². The van der Waals surface area contributed by atoms with Crippen molar-refractivity contribution in [3.05, 3.63) is 18.2 Å². The van der Waals surface area contributed by atoms with Crippen LogP contribution in [0.15, 0.2) is 12.5 Å². The van der Waals surface area contributed by atoms with E-state index >= 15 is 0 Å². The molecule has 0 unspecified atom stereocenters. The maximum Gasteiger partial charge on any atom is 0.0921 e. The van der Waals surface area contributed by atoms with Gasteiger partial charge in [0.05, 0.1) is 6.33 Å². The van der Waals surface area contributed by atoms with E-state index in [0.717, 1.165) is 32.5 Å². The van der Waals surface area contributed by atoms with Crippen LogP contribution in [-0.4, -0.2) is 36.8 Å². The fraction of sp³-hybridized carbons (Fsp3) is 0.700. The number of aromatic amines is 1. The first-order valence-electron chi connectivity index (χ1n) is 5.10. The summed E-state index contributed by atoms with van der Waals surface area (Å²) < 4.78 is 4.97. The van der Waals surface area contributed by atoms with Gasteiger partial charge in [0, 0.05) is 38.6 Å². The highest BCUT2D eigenvalue weighted by atomic mass is 16.5. The molecule has 4 nitrogen and oxygen atoms in total. The topological polar surface area (TPSA) is 49.9 Å². The highest BCUT2D eigenvalue weighted by Crippen LogP contribution is 1.91. The Balaban J connectivity index is 1.85. The number of aromatic nitrogens is 2. The third kappa shape index (κ3) is 4.99. The Morgan fingerprint density at radius 1 is 1.43 bits per heavy atom. The highest BCUT2D eigenvalue weighted by Gasteiger charge is 1.93. The summed E-state index contributed by atoms with van der Waals surface area (Å²) in [4.78, 5) is 7.04. The Morgan fingerprint density at radius 3 is 3.07 bits per heavy atom. The molecule has 0 aromatic carbocycles. The van der Waals surface area contributed by atoms with Crippen LogP contribution in [-0.2, 0) is 11.2 Å². The van der Waals surface area contributed by atoms with Crippen molar-refractivity contribution in [2.45, 2.75) is 19.3 Å². The molecular weight excluding hydrogens is 178 g/mol. The van der Waals surface area contributed by atoms with Crippen molar-refractivity contribution in [1.29, 1.82) is 0 Å². The normalized spacial score (nSPS) is 10.6. The molecule has 0 bridgehead atoms. The van der Waals surface area contributed by atoms with E-state index < -0.39 is 0 Å². The Kier molecular flexibility index (Phi) is 6.02. The Labute approximate surface area is 85.1 Å². The zero-order chi connectivity index (χ0) is 10.1. The van der Waals surface area contributed by atoms with Crippen molar-refractivity contribution in [1.82, 2.24) is 15.3 Å². The molecule has 0 radical (unpaired) electrons. The third-order valence-electron chi connectivity index (χ3n) is 2.08. The van der Waals surface area contributed by atoms with E-state index in [4.69, 9.17) is 4.74 Å². The van der Waals surface area contributed by atoms with E-state index in [1.54, 1.807) is 13.4 Å². The molecule has 0 saturated heterocycles. The number of methoxy groups -OCH3 is 1. The highest BCUT2D eigenvalue weighted by molar-refractivity contribution is 4.94. The fourth-order valence-corrected chi connectivity index (χ4v) is 1.27. The number of H-pyrrole nitrogens is 1. The maximum atomic E-state index is 4.97. The number of rotatable bonds is 8. The lowest BCUT2D eigenvalue weighted by atomic mass is 10.3. The SMILES string of the molecule is COCCCCNCCc1cnc[nH]1. The van der Waals surface area contributed by atoms with Gasteiger partial charge >= 0.3 is 0 Å². The van der Waals surface area contributed by atoms with E-state index in [9.17, 15) is 0 Å². The van der Waals surface area contributed by atoms with Gasteiger partial charge in [0.15, 0.2) is 0 Å². The summed E-state index contributed by atoms with van der Waals surface area (Å²) in [6, 6.07) is 0. The van der Waals surface area contributed by atoms with Gasteiger partial charge in [-0.05, 0) is 19.4 Å². The fourth-order valence-electron chi connectivity index (χ4n) is 1.27. The second-order valence-corrected chi connectivity index (χ2v) is 3.28. The summed E-state index contributed by atoms with van der Waals surface area (Å²) in [6.45, 7) is 2.94. The van der Waals surface area contributed by atoms with Crippen LogP contribution in [0.25, 0.3) is 0 Å². The standard InChI is InChI=1S/C10H19N3O/c1-14-7-3-2-5-11-6-4-10-8-12-9-13-10/h8-9,11H,2-7H2,1H3,(H,12,13). The quantitative estimate of drug-likeness (QED) is 0.610. The summed E-state index contributed by atoms with van der Waals surface area (Å²) in [5.41, 5.74) is 1.19. The lowest BCUT2D eigenvalue weighted by Gasteiger charge is -2.02. The molecule has 0 saturated carbocycles. The molecule has 0 amide bonds. The van der Waals surface area contributed by atoms with Gasteiger partial charge in [-0.1, -0.05) is 0 Å². The van der Waals surface area contributed by atoms with Crippen molar-refractivity contribution in [2.24, 2.45) is 0 Å². The number of hydrogen-bond acceptors (Lipinski definition) is 3. The zero-order valence-electron chi connectivity index (χ0n) is 8.75. The largest absolute Gasteiger partial charge is 0.385 e. The second kappa shape index (κ2) is 7.53. The number of ether oxygens (including phenoxy) is 1. The molecule has 1 rings (SSSR count). The predicted molar refractivity (Wildman–Crippen MR) is 56.3 cm³/mol. The lowest BCUT2D eigenvalue weighted by molar-refractivity contribution is 0.192. The monoisotopic (exact) mass is 197 g/mol. The second-order valence-electron chi connectivity index (χ2n) is 3.28. The van der Waals surface area contributed by atoms with Gasteiger partial charge in [-0.2, -0.15) is 0 Å². The van der Waals surface area contributed by atoms with E-state index in [2.05, 4.69) is 15.3 Å². The number of nitrogens with zero attached hydrogens (tertiary/aromatic N) is 1. The molecule has 0 aliphatic rings. The molecular formula is C10H19N3O. The van der Waals surface area contributed by atoms with Gasteiger partial charge in [0.2, 0.25) is 0 Å². The van der Waals surface area contributed by atoms with E-state index in [1.165, 1.54) is 12.1 Å². The van der Waals surface area contributed by atoms with Crippen molar-refractivity contribution in [3.63, 3.8) is 0 Å². The lowest BCUT2D eigenvalue weighted by Crippen LogP contribution is -2.18. The number of unbranched alkanes of at least 4 members (excludes halogenated alkanes) is 1. The molecule has 1 heterocycles. The van der Waals surface area contributed by atoms with E-state index in [-0.39, 0.29) is 0 Å². The summed E-state index contributed by atoms with van der Waals surface area (Å²) >= 11 is 0. The maximum absolute atomic E-state index is 4.97.